The third kappa shape index (κ3) is 2.60. The molecule has 3 heteroatoms. The van der Waals surface area contributed by atoms with Gasteiger partial charge in [0.25, 0.3) is 0 Å². The van der Waals surface area contributed by atoms with Crippen LogP contribution in [-0.2, 0) is 18.3 Å². The number of rotatable bonds is 0. The molecule has 0 aliphatic heterocycles. The summed E-state index contributed by atoms with van der Waals surface area (Å²) in [4.78, 5) is 0. The second-order valence-corrected chi connectivity index (χ2v) is 3.52. The monoisotopic (exact) mass is 246 g/mol. The molecular weight excluding hydrogens is 243 g/mol. The first-order valence-corrected chi connectivity index (χ1v) is 4.13. The Morgan fingerprint density at radius 1 is 1.20 bits per heavy atom. The number of hydrogen-bond donors (Lipinski definition) is 0. The molecule has 10 heavy (non-hydrogen) atoms. The van der Waals surface area contributed by atoms with Crippen LogP contribution in [0.4, 0.5) is 0 Å². The van der Waals surface area contributed by atoms with Crippen molar-refractivity contribution in [1.82, 2.24) is 0 Å². The van der Waals surface area contributed by atoms with E-state index in [4.69, 9.17) is 5.26 Å². The Hall–Kier alpha value is -0.187. The van der Waals surface area contributed by atoms with Gasteiger partial charge in [0.05, 0.1) is 0 Å². The quantitative estimate of drug-likeness (QED) is 0.635. The Kier molecular flexibility index (Phi) is 4.52. The number of hydrogen-bond acceptors (Lipinski definition) is 1. The van der Waals surface area contributed by atoms with Crippen LogP contribution in [0.15, 0.2) is 24.3 Å². The number of benzene rings is 1. The van der Waals surface area contributed by atoms with Crippen LogP contribution in [0.1, 0.15) is 5.56 Å². The van der Waals surface area contributed by atoms with Gasteiger partial charge in [0.2, 0.25) is 0 Å². The Bertz CT molecular complexity index is 237. The first kappa shape index (κ1) is 9.81. The first-order valence-electron chi connectivity index (χ1n) is 2.65. The van der Waals surface area contributed by atoms with Crippen molar-refractivity contribution in [1.29, 1.82) is 5.26 Å². The van der Waals surface area contributed by atoms with Gasteiger partial charge in [-0.15, -0.1) is 17.0 Å². The van der Waals surface area contributed by atoms with Crippen molar-refractivity contribution >= 4 is 21.1 Å². The second kappa shape index (κ2) is 4.60. The van der Waals surface area contributed by atoms with Crippen molar-refractivity contribution in [2.24, 2.45) is 0 Å². The van der Waals surface area contributed by atoms with Crippen LogP contribution in [0.3, 0.4) is 0 Å². The van der Waals surface area contributed by atoms with E-state index in [1.54, 1.807) is 0 Å². The minimum absolute atomic E-state index is 0. The van der Waals surface area contributed by atoms with E-state index in [2.05, 4.69) is 6.07 Å². The van der Waals surface area contributed by atoms with Crippen LogP contribution in [0.2, 0.25) is 0 Å². The van der Waals surface area contributed by atoms with Gasteiger partial charge in [-0.25, -0.2) is 0 Å². The van der Waals surface area contributed by atoms with Gasteiger partial charge >= 0.3 is 63.6 Å². The Balaban J connectivity index is 0.000000810. The van der Waals surface area contributed by atoms with E-state index in [1.807, 2.05) is 24.3 Å². The fourth-order valence-corrected chi connectivity index (χ4v) is 1.07. The Morgan fingerprint density at radius 3 is 2.10 bits per heavy atom. The summed E-state index contributed by atoms with van der Waals surface area (Å²) in [5, 5.41) is 8.39. The van der Waals surface area contributed by atoms with Crippen LogP contribution in [0.5, 0.6) is 0 Å². The molecule has 1 aromatic rings. The van der Waals surface area contributed by atoms with Crippen molar-refractivity contribution in [2.75, 3.05) is 0 Å². The summed E-state index contributed by atoms with van der Waals surface area (Å²) >= 11 is 1.16. The van der Waals surface area contributed by atoms with Gasteiger partial charge < -0.3 is 0 Å². The molecule has 0 saturated heterocycles. The molecule has 0 spiro atoms. The predicted octanol–water partition coefficient (Wildman–Crippen LogP) is 1.31. The molecule has 0 aromatic heterocycles. The van der Waals surface area contributed by atoms with Gasteiger partial charge in [-0.1, -0.05) is 0 Å². The fourth-order valence-electron chi connectivity index (χ4n) is 0.579. The molecule has 0 N–H and O–H groups in total. The maximum atomic E-state index is 8.39. The second-order valence-electron chi connectivity index (χ2n) is 1.81. The number of nitrogens with zero attached hydrogens (tertiary/aromatic N) is 1. The summed E-state index contributed by atoms with van der Waals surface area (Å²) in [6, 6.07) is 9.73. The third-order valence-electron chi connectivity index (χ3n) is 1.08. The van der Waals surface area contributed by atoms with Crippen LogP contribution in [-0.4, -0.2) is 0 Å². The molecule has 0 amide bonds. The average molecular weight is 248 g/mol. The van der Waals surface area contributed by atoms with Crippen LogP contribution in [0.25, 0.3) is 0 Å². The molecule has 47 valence electrons. The molecule has 0 unspecified atom stereocenters. The van der Waals surface area contributed by atoms with Crippen molar-refractivity contribution in [3.8, 4) is 6.07 Å². The summed E-state index contributed by atoms with van der Waals surface area (Å²) in [5.74, 6) is 0. The van der Waals surface area contributed by atoms with E-state index in [-0.39, 0.29) is 17.0 Å². The zero-order chi connectivity index (χ0) is 6.69. The molecular formula is C7H5BrNZn. The molecule has 0 aliphatic carbocycles. The first-order chi connectivity index (χ1) is 4.33. The zero-order valence-electron chi connectivity index (χ0n) is 5.37. The molecule has 1 aromatic carbocycles. The summed E-state index contributed by atoms with van der Waals surface area (Å²) in [7, 11) is 0. The van der Waals surface area contributed by atoms with Gasteiger partial charge in [0.15, 0.2) is 0 Å². The van der Waals surface area contributed by atoms with E-state index in [9.17, 15) is 0 Å². The summed E-state index contributed by atoms with van der Waals surface area (Å²) < 4.78 is 1.31. The van der Waals surface area contributed by atoms with Gasteiger partial charge in [0, 0.05) is 0 Å². The van der Waals surface area contributed by atoms with Crippen molar-refractivity contribution in [3.05, 3.63) is 29.8 Å². The van der Waals surface area contributed by atoms with Crippen molar-refractivity contribution in [3.63, 3.8) is 0 Å². The Labute approximate surface area is 80.5 Å². The zero-order valence-corrected chi connectivity index (χ0v) is 10.1. The topological polar surface area (TPSA) is 23.8 Å². The number of halogens is 1. The molecule has 0 heterocycles. The van der Waals surface area contributed by atoms with E-state index in [1.165, 1.54) is 4.16 Å². The predicted molar refractivity (Wildman–Crippen MR) is 41.1 cm³/mol. The Morgan fingerprint density at radius 2 is 1.70 bits per heavy atom. The standard InChI is InChI=1S/C7H4N.BrH.Zn/c8-6-7-4-2-1-3-5-7;;/h2-5H;1H;. The van der Waals surface area contributed by atoms with Gasteiger partial charge in [-0.05, 0) is 0 Å². The van der Waals surface area contributed by atoms with Crippen molar-refractivity contribution in [2.45, 2.75) is 0 Å². The summed E-state index contributed by atoms with van der Waals surface area (Å²) in [5.41, 5.74) is 0.743. The minimum atomic E-state index is 0. The molecule has 0 saturated carbocycles. The van der Waals surface area contributed by atoms with Crippen LogP contribution < -0.4 is 4.16 Å². The van der Waals surface area contributed by atoms with Gasteiger partial charge in [-0.2, -0.15) is 0 Å². The average Bonchev–Trinajstić information content (AvgIpc) is 1.90. The normalized spacial score (nSPS) is 7.70. The maximum absolute atomic E-state index is 8.39. The molecule has 1 rings (SSSR count). The van der Waals surface area contributed by atoms with E-state index in [0.717, 1.165) is 23.9 Å². The van der Waals surface area contributed by atoms with Crippen LogP contribution in [0, 0.1) is 11.3 Å². The molecule has 0 atom stereocenters. The molecule has 0 fully saturated rings. The van der Waals surface area contributed by atoms with E-state index < -0.39 is 0 Å². The fraction of sp³-hybridized carbons (Fsp3) is 0. The van der Waals surface area contributed by atoms with Crippen LogP contribution >= 0.6 is 17.0 Å². The van der Waals surface area contributed by atoms with Gasteiger partial charge in [-0.3, -0.25) is 0 Å². The molecule has 0 aliphatic rings. The third-order valence-corrected chi connectivity index (χ3v) is 2.07. The SMILES string of the molecule is Br.N#Cc1cc[c]([Zn])cc1. The van der Waals surface area contributed by atoms with Gasteiger partial charge in [0.1, 0.15) is 0 Å². The summed E-state index contributed by atoms with van der Waals surface area (Å²) in [6.45, 7) is 0. The van der Waals surface area contributed by atoms with E-state index in [0.29, 0.717) is 0 Å². The molecule has 0 bridgehead atoms. The van der Waals surface area contributed by atoms with E-state index >= 15 is 0 Å². The molecule has 1 nitrogen and oxygen atoms in total. The van der Waals surface area contributed by atoms with Crippen molar-refractivity contribution < 1.29 is 18.3 Å². The number of nitriles is 1. The summed E-state index contributed by atoms with van der Waals surface area (Å²) in [6.07, 6.45) is 0. The molecule has 0 radical (unpaired) electrons.